The maximum atomic E-state index is 14.3. The van der Waals surface area contributed by atoms with Crippen molar-refractivity contribution in [3.63, 3.8) is 0 Å². The first-order valence-electron chi connectivity index (χ1n) is 6.15. The van der Waals surface area contributed by atoms with Gasteiger partial charge in [-0.15, -0.1) is 0 Å². The second-order valence-corrected chi connectivity index (χ2v) is 5.97. The molecule has 0 N–H and O–H groups in total. The lowest BCUT2D eigenvalue weighted by atomic mass is 10.2. The third-order valence-corrected chi connectivity index (χ3v) is 4.02. The van der Waals surface area contributed by atoms with Crippen molar-refractivity contribution in [2.45, 2.75) is 0 Å². The zero-order valence-corrected chi connectivity index (χ0v) is 14.9. The molecule has 0 fully saturated rings. The monoisotopic (exact) mass is 454 g/mol. The quantitative estimate of drug-likeness (QED) is 0.639. The summed E-state index contributed by atoms with van der Waals surface area (Å²) in [6, 6.07) is 5.07. The van der Waals surface area contributed by atoms with Crippen LogP contribution in [0.3, 0.4) is 0 Å². The van der Waals surface area contributed by atoms with Crippen molar-refractivity contribution in [3.8, 4) is 5.75 Å². The zero-order valence-electron chi connectivity index (χ0n) is 11.9. The van der Waals surface area contributed by atoms with E-state index in [0.29, 0.717) is 3.57 Å². The molecule has 9 heteroatoms. The Morgan fingerprint density at radius 2 is 1.91 bits per heavy atom. The number of rotatable bonds is 4. The summed E-state index contributed by atoms with van der Waals surface area (Å²) in [6.07, 6.45) is 0. The topological polar surface area (TPSA) is 41.9 Å². The molecule has 23 heavy (non-hydrogen) atoms. The summed E-state index contributed by atoms with van der Waals surface area (Å²) >= 11 is 1.74. The van der Waals surface area contributed by atoms with Gasteiger partial charge in [0.1, 0.15) is 17.2 Å². The molecule has 122 valence electrons. The van der Waals surface area contributed by atoms with E-state index >= 15 is 0 Å². The summed E-state index contributed by atoms with van der Waals surface area (Å²) in [4.78, 5) is 1.08. The van der Waals surface area contributed by atoms with Crippen molar-refractivity contribution in [1.82, 2.24) is 0 Å². The Morgan fingerprint density at radius 3 is 2.48 bits per heavy atom. The minimum absolute atomic E-state index is 0.00400. The van der Waals surface area contributed by atoms with Crippen LogP contribution in [-0.2, 0) is 11.5 Å². The maximum Gasteiger partial charge on any atom is 0.205 e. The van der Waals surface area contributed by atoms with Crippen LogP contribution in [0.4, 0.5) is 30.2 Å². The molecule has 0 aliphatic rings. The molecule has 0 saturated carbocycles. The zero-order chi connectivity index (χ0) is 17.1. The van der Waals surface area contributed by atoms with Gasteiger partial charge in [-0.3, -0.25) is 0 Å². The second kappa shape index (κ2) is 7.30. The molecule has 0 atom stereocenters. The Morgan fingerprint density at radius 1 is 1.22 bits per heavy atom. The van der Waals surface area contributed by atoms with Crippen LogP contribution in [0.5, 0.6) is 5.75 Å². The van der Waals surface area contributed by atoms with Gasteiger partial charge in [0, 0.05) is 16.7 Å². The van der Waals surface area contributed by atoms with Crippen LogP contribution in [0.15, 0.2) is 28.6 Å². The van der Waals surface area contributed by atoms with Crippen LogP contribution >= 0.6 is 22.6 Å². The number of nitrogens with zero attached hydrogens (tertiary/aromatic N) is 2. The Balaban J connectivity index is 2.74. The molecule has 2 aromatic rings. The molecule has 4 nitrogen and oxygen atoms in total. The van der Waals surface area contributed by atoms with E-state index in [0.717, 1.165) is 11.0 Å². The van der Waals surface area contributed by atoms with E-state index in [-0.39, 0.29) is 34.3 Å². The van der Waals surface area contributed by atoms with Crippen LogP contribution < -0.4 is 9.64 Å². The van der Waals surface area contributed by atoms with Crippen molar-refractivity contribution >= 4 is 51.1 Å². The number of hydrogen-bond acceptors (Lipinski definition) is 4. The summed E-state index contributed by atoms with van der Waals surface area (Å²) in [5, 5.41) is 0. The van der Waals surface area contributed by atoms with Gasteiger partial charge in [0.2, 0.25) is 11.5 Å². The highest BCUT2D eigenvalue weighted by Crippen LogP contribution is 2.43. The minimum Gasteiger partial charge on any atom is -0.494 e. The molecule has 0 radical (unpaired) electrons. The average molecular weight is 454 g/mol. The molecule has 0 amide bonds. The number of halogens is 4. The Hall–Kier alpha value is -1.62. The summed E-state index contributed by atoms with van der Waals surface area (Å²) in [5.74, 6) is -3.19. The molecule has 0 heterocycles. The third-order valence-electron chi connectivity index (χ3n) is 3.09. The van der Waals surface area contributed by atoms with Gasteiger partial charge in [-0.2, -0.15) is 8.57 Å². The summed E-state index contributed by atoms with van der Waals surface area (Å²) in [6.45, 7) is 0. The van der Waals surface area contributed by atoms with Crippen molar-refractivity contribution < 1.29 is 22.1 Å². The van der Waals surface area contributed by atoms with Crippen LogP contribution in [0.25, 0.3) is 0 Å². The Kier molecular flexibility index (Phi) is 5.63. The fourth-order valence-corrected chi connectivity index (χ4v) is 2.75. The van der Waals surface area contributed by atoms with Crippen LogP contribution in [0.1, 0.15) is 0 Å². The Labute approximate surface area is 147 Å². The number of ether oxygens (including phenoxy) is 1. The SMILES string of the molecule is COc1cc(F)c(F)c(N(C)c2ccc(I)cc2F)c1N=S=O. The number of methoxy groups -OCH3 is 1. The molecule has 0 unspecified atom stereocenters. The lowest BCUT2D eigenvalue weighted by Crippen LogP contribution is -2.14. The first-order valence-corrected chi connectivity index (χ1v) is 7.93. The van der Waals surface area contributed by atoms with Crippen LogP contribution in [0.2, 0.25) is 0 Å². The molecule has 0 aromatic heterocycles. The van der Waals surface area contributed by atoms with Gasteiger partial charge in [-0.25, -0.2) is 13.2 Å². The van der Waals surface area contributed by atoms with E-state index in [2.05, 4.69) is 4.36 Å². The normalized spacial score (nSPS) is 10.3. The molecule has 0 bridgehead atoms. The lowest BCUT2D eigenvalue weighted by Gasteiger charge is -2.23. The van der Waals surface area contributed by atoms with Crippen molar-refractivity contribution in [1.29, 1.82) is 0 Å². The Bertz CT molecular complexity index is 813. The highest BCUT2D eigenvalue weighted by atomic mass is 127. The standard InChI is InChI=1S/C14H10F3IN2O2S/c1-20(10-4-3-7(18)5-8(10)15)14-12(17)9(16)6-11(22-2)13(14)19-23-21/h3-6H,1-2H3. The smallest absolute Gasteiger partial charge is 0.205 e. The van der Waals surface area contributed by atoms with E-state index in [1.165, 1.54) is 26.3 Å². The first kappa shape index (κ1) is 17.7. The predicted molar refractivity (Wildman–Crippen MR) is 90.3 cm³/mol. The first-order chi connectivity index (χ1) is 10.9. The van der Waals surface area contributed by atoms with Gasteiger partial charge < -0.3 is 9.64 Å². The molecule has 0 spiro atoms. The van der Waals surface area contributed by atoms with E-state index in [9.17, 15) is 17.4 Å². The fourth-order valence-electron chi connectivity index (χ4n) is 2.04. The van der Waals surface area contributed by atoms with Gasteiger partial charge >= 0.3 is 0 Å². The van der Waals surface area contributed by atoms with E-state index in [1.54, 1.807) is 6.07 Å². The molecule has 2 rings (SSSR count). The average Bonchev–Trinajstić information content (AvgIpc) is 2.50. The fraction of sp³-hybridized carbons (Fsp3) is 0.143. The summed E-state index contributed by atoms with van der Waals surface area (Å²) in [7, 11) is 2.58. The molecule has 2 aromatic carbocycles. The molecular weight excluding hydrogens is 444 g/mol. The van der Waals surface area contributed by atoms with Crippen molar-refractivity contribution in [2.75, 3.05) is 19.1 Å². The van der Waals surface area contributed by atoms with Crippen LogP contribution in [0, 0.1) is 21.0 Å². The van der Waals surface area contributed by atoms with E-state index in [4.69, 9.17) is 4.74 Å². The van der Waals surface area contributed by atoms with Gasteiger partial charge in [0.05, 0.1) is 12.8 Å². The van der Waals surface area contributed by atoms with Gasteiger partial charge in [-0.1, -0.05) is 0 Å². The largest absolute Gasteiger partial charge is 0.494 e. The predicted octanol–water partition coefficient (Wildman–Crippen LogP) is 4.51. The summed E-state index contributed by atoms with van der Waals surface area (Å²) in [5.41, 5.74) is -0.582. The highest BCUT2D eigenvalue weighted by Gasteiger charge is 2.24. The molecule has 0 aliphatic carbocycles. The maximum absolute atomic E-state index is 14.3. The third kappa shape index (κ3) is 3.50. The summed E-state index contributed by atoms with van der Waals surface area (Å²) < 4.78 is 62.1. The van der Waals surface area contributed by atoms with Crippen molar-refractivity contribution in [3.05, 3.63) is 45.3 Å². The number of anilines is 2. The number of hydrogen-bond donors (Lipinski definition) is 0. The van der Waals surface area contributed by atoms with E-state index in [1.807, 2.05) is 22.6 Å². The molecule has 0 saturated heterocycles. The number of benzene rings is 2. The van der Waals surface area contributed by atoms with Crippen molar-refractivity contribution in [2.24, 2.45) is 4.36 Å². The second-order valence-electron chi connectivity index (χ2n) is 4.39. The highest BCUT2D eigenvalue weighted by molar-refractivity contribution is 14.1. The van der Waals surface area contributed by atoms with Gasteiger partial charge in [0.25, 0.3) is 0 Å². The van der Waals surface area contributed by atoms with E-state index < -0.39 is 17.5 Å². The molecular formula is C14H10F3IN2O2S. The van der Waals surface area contributed by atoms with Gasteiger partial charge in [-0.05, 0) is 40.8 Å². The van der Waals surface area contributed by atoms with Crippen LogP contribution in [-0.4, -0.2) is 18.4 Å². The lowest BCUT2D eigenvalue weighted by molar-refractivity contribution is 0.408. The molecule has 0 aliphatic heterocycles. The van der Waals surface area contributed by atoms with Gasteiger partial charge in [0.15, 0.2) is 17.4 Å². The minimum atomic E-state index is -1.25.